The molecule has 2 aliphatic rings. The van der Waals surface area contributed by atoms with Crippen molar-refractivity contribution < 1.29 is 26.7 Å². The van der Waals surface area contributed by atoms with Gasteiger partial charge >= 0.3 is 18.0 Å². The Bertz CT molecular complexity index is 330. The lowest BCUT2D eigenvalue weighted by Gasteiger charge is -2.24. The Kier molecular flexibility index (Phi) is 3.25. The predicted molar refractivity (Wildman–Crippen MR) is 52.1 cm³/mol. The molecule has 0 saturated carbocycles. The van der Waals surface area contributed by atoms with Crippen LogP contribution in [0, 0.1) is 5.92 Å². The molecule has 2 fully saturated rings. The number of nitrogens with one attached hydrogen (secondary N) is 1. The molecule has 0 aromatic carbocycles. The second kappa shape index (κ2) is 4.32. The highest BCUT2D eigenvalue weighted by atomic mass is 19.4. The van der Waals surface area contributed by atoms with Crippen molar-refractivity contribution in [1.82, 2.24) is 10.2 Å². The molecule has 2 heterocycles. The van der Waals surface area contributed by atoms with Crippen molar-refractivity contribution in [2.45, 2.75) is 31.0 Å². The number of carbonyl (C=O) groups excluding carboxylic acids is 1. The average Bonchev–Trinajstić information content (AvgIpc) is 2.69. The Balaban J connectivity index is 2.07. The maximum absolute atomic E-state index is 12.9. The molecule has 0 radical (unpaired) electrons. The van der Waals surface area contributed by atoms with Crippen molar-refractivity contribution in [3.05, 3.63) is 0 Å². The van der Waals surface area contributed by atoms with E-state index in [4.69, 9.17) is 0 Å². The number of nitrogens with zero attached hydrogens (tertiary/aromatic N) is 1. The van der Waals surface area contributed by atoms with E-state index in [0.717, 1.165) is 12.8 Å². The molecule has 1 amide bonds. The summed E-state index contributed by atoms with van der Waals surface area (Å²) in [6.07, 6.45) is -4.23. The first-order valence-corrected chi connectivity index (χ1v) is 5.71. The van der Waals surface area contributed by atoms with Crippen LogP contribution < -0.4 is 5.32 Å². The number of hydrogen-bond acceptors (Lipinski definition) is 2. The van der Waals surface area contributed by atoms with E-state index in [-0.39, 0.29) is 25.0 Å². The van der Waals surface area contributed by atoms with Gasteiger partial charge in [-0.05, 0) is 25.3 Å². The van der Waals surface area contributed by atoms with Crippen LogP contribution in [0.4, 0.5) is 22.0 Å². The molecule has 1 N–H and O–H groups in total. The molecular formula is C10H13F5N2O. The molecule has 2 saturated heterocycles. The van der Waals surface area contributed by atoms with Crippen LogP contribution in [0.15, 0.2) is 0 Å². The Morgan fingerprint density at radius 1 is 1.17 bits per heavy atom. The van der Waals surface area contributed by atoms with Gasteiger partial charge in [-0.15, -0.1) is 0 Å². The van der Waals surface area contributed by atoms with E-state index in [9.17, 15) is 26.7 Å². The van der Waals surface area contributed by atoms with Crippen LogP contribution in [-0.2, 0) is 4.79 Å². The first-order valence-electron chi connectivity index (χ1n) is 5.71. The van der Waals surface area contributed by atoms with Gasteiger partial charge < -0.3 is 10.2 Å². The van der Waals surface area contributed by atoms with Crippen LogP contribution in [-0.4, -0.2) is 48.6 Å². The lowest BCUT2D eigenvalue weighted by Crippen LogP contribution is -2.52. The van der Waals surface area contributed by atoms with E-state index >= 15 is 0 Å². The zero-order valence-corrected chi connectivity index (χ0v) is 9.44. The number of carbonyl (C=O) groups is 1. The Hall–Kier alpha value is -0.920. The van der Waals surface area contributed by atoms with E-state index in [1.165, 1.54) is 0 Å². The molecule has 2 rings (SSSR count). The topological polar surface area (TPSA) is 32.3 Å². The van der Waals surface area contributed by atoms with Crippen molar-refractivity contribution in [3.63, 3.8) is 0 Å². The number of halogens is 5. The number of hydrogen-bond donors (Lipinski definition) is 1. The Morgan fingerprint density at radius 3 is 2.39 bits per heavy atom. The number of likely N-dealkylation sites (tertiary alicyclic amines) is 1. The molecule has 0 bridgehead atoms. The molecule has 104 valence electrons. The Labute approximate surface area is 100 Å². The van der Waals surface area contributed by atoms with E-state index in [1.807, 2.05) is 0 Å². The predicted octanol–water partition coefficient (Wildman–Crippen LogP) is 1.39. The van der Waals surface area contributed by atoms with Crippen molar-refractivity contribution in [1.29, 1.82) is 0 Å². The minimum Gasteiger partial charge on any atom is -0.335 e. The second-order valence-corrected chi connectivity index (χ2v) is 4.75. The monoisotopic (exact) mass is 272 g/mol. The van der Waals surface area contributed by atoms with Crippen molar-refractivity contribution in [2.75, 3.05) is 19.6 Å². The maximum atomic E-state index is 12.9. The molecule has 3 nitrogen and oxygen atoms in total. The van der Waals surface area contributed by atoms with Gasteiger partial charge in [0.05, 0.1) is 0 Å². The van der Waals surface area contributed by atoms with E-state index in [1.54, 1.807) is 0 Å². The highest BCUT2D eigenvalue weighted by molar-refractivity contribution is 5.84. The summed E-state index contributed by atoms with van der Waals surface area (Å²) < 4.78 is 62.1. The lowest BCUT2D eigenvalue weighted by molar-refractivity contribution is -0.274. The van der Waals surface area contributed by atoms with Crippen LogP contribution in [0.5, 0.6) is 0 Å². The molecule has 8 heteroatoms. The summed E-state index contributed by atoms with van der Waals surface area (Å²) in [5.41, 5.74) is 0. The minimum absolute atomic E-state index is 0.0215. The molecule has 2 aliphatic heterocycles. The molecule has 2 atom stereocenters. The minimum atomic E-state index is -5.83. The van der Waals surface area contributed by atoms with Crippen LogP contribution in [0.25, 0.3) is 0 Å². The van der Waals surface area contributed by atoms with Crippen molar-refractivity contribution in [3.8, 4) is 0 Å². The smallest absolute Gasteiger partial charge is 0.335 e. The fourth-order valence-electron chi connectivity index (χ4n) is 2.53. The van der Waals surface area contributed by atoms with E-state index < -0.39 is 18.0 Å². The summed E-state index contributed by atoms with van der Waals surface area (Å²) in [6.45, 7) is 0.607. The third-order valence-electron chi connectivity index (χ3n) is 3.51. The number of fused-ring (bicyclic) bond motifs is 1. The highest BCUT2D eigenvalue weighted by Gasteiger charge is 2.65. The van der Waals surface area contributed by atoms with Gasteiger partial charge in [0.2, 0.25) is 0 Å². The quantitative estimate of drug-likeness (QED) is 0.732. The zero-order valence-electron chi connectivity index (χ0n) is 9.44. The van der Waals surface area contributed by atoms with Gasteiger partial charge in [0.15, 0.2) is 0 Å². The van der Waals surface area contributed by atoms with Gasteiger partial charge in [0.25, 0.3) is 0 Å². The van der Waals surface area contributed by atoms with Gasteiger partial charge in [-0.1, -0.05) is 0 Å². The third kappa shape index (κ3) is 2.17. The summed E-state index contributed by atoms with van der Waals surface area (Å²) in [6, 6.07) is -0.160. The molecule has 0 aromatic heterocycles. The summed E-state index contributed by atoms with van der Waals surface area (Å²) in [5, 5.41) is 3.04. The van der Waals surface area contributed by atoms with Crippen LogP contribution in [0.1, 0.15) is 12.8 Å². The van der Waals surface area contributed by atoms with Crippen LogP contribution >= 0.6 is 0 Å². The van der Waals surface area contributed by atoms with Crippen molar-refractivity contribution in [2.24, 2.45) is 5.92 Å². The molecule has 0 unspecified atom stereocenters. The number of amides is 1. The van der Waals surface area contributed by atoms with Gasteiger partial charge in [0.1, 0.15) is 0 Å². The first-order chi connectivity index (χ1) is 8.23. The van der Waals surface area contributed by atoms with Gasteiger partial charge in [-0.25, -0.2) is 0 Å². The number of alkyl halides is 5. The standard InChI is InChI=1S/C10H13F5N2O/c11-9(12,10(13,14)15)8(18)17-4-6-2-1-3-16-7(6)5-17/h6-7,16H,1-5H2/t6-,7+/m0/s1. The zero-order chi connectivity index (χ0) is 13.6. The van der Waals surface area contributed by atoms with E-state index in [2.05, 4.69) is 5.32 Å². The van der Waals surface area contributed by atoms with Crippen molar-refractivity contribution >= 4 is 5.91 Å². The maximum Gasteiger partial charge on any atom is 0.463 e. The largest absolute Gasteiger partial charge is 0.463 e. The molecule has 18 heavy (non-hydrogen) atoms. The summed E-state index contributed by atoms with van der Waals surface area (Å²) in [7, 11) is 0. The second-order valence-electron chi connectivity index (χ2n) is 4.75. The number of piperidine rings is 1. The SMILES string of the molecule is O=C(N1C[C@@H]2CCCN[C@@H]2C1)C(F)(F)C(F)(F)F. The average molecular weight is 272 g/mol. The number of rotatable bonds is 1. The van der Waals surface area contributed by atoms with E-state index in [0.29, 0.717) is 11.4 Å². The van der Waals surface area contributed by atoms with Gasteiger partial charge in [-0.2, -0.15) is 22.0 Å². The fourth-order valence-corrected chi connectivity index (χ4v) is 2.53. The molecule has 0 spiro atoms. The Morgan fingerprint density at radius 2 is 1.83 bits per heavy atom. The third-order valence-corrected chi connectivity index (χ3v) is 3.51. The molecule has 0 aromatic rings. The molecular weight excluding hydrogens is 259 g/mol. The lowest BCUT2D eigenvalue weighted by atomic mass is 9.94. The summed E-state index contributed by atoms with van der Waals surface area (Å²) >= 11 is 0. The summed E-state index contributed by atoms with van der Waals surface area (Å²) in [5.74, 6) is -7.45. The van der Waals surface area contributed by atoms with Crippen LogP contribution in [0.3, 0.4) is 0 Å². The first kappa shape index (κ1) is 13.5. The normalized spacial score (nSPS) is 29.3. The van der Waals surface area contributed by atoms with Gasteiger partial charge in [0, 0.05) is 19.1 Å². The summed E-state index contributed by atoms with van der Waals surface area (Å²) in [4.78, 5) is 11.9. The highest BCUT2D eigenvalue weighted by Crippen LogP contribution is 2.38. The fraction of sp³-hybridized carbons (Fsp3) is 0.900. The van der Waals surface area contributed by atoms with Gasteiger partial charge in [-0.3, -0.25) is 4.79 Å². The molecule has 0 aliphatic carbocycles. The van der Waals surface area contributed by atoms with Crippen LogP contribution in [0.2, 0.25) is 0 Å².